The Morgan fingerprint density at radius 1 is 1.25 bits per heavy atom. The van der Waals surface area contributed by atoms with Crippen molar-refractivity contribution in [3.63, 3.8) is 0 Å². The van der Waals surface area contributed by atoms with Gasteiger partial charge in [-0.25, -0.2) is 0 Å². The minimum absolute atomic E-state index is 0.278. The molecule has 0 saturated carbocycles. The Hall–Kier alpha value is -0.330. The monoisotopic (exact) mass is 170 g/mol. The Bertz CT molecular complexity index is 138. The molecular weight excluding hydrogens is 148 g/mol. The fourth-order valence-electron chi connectivity index (χ4n) is 1.51. The molecule has 0 radical (unpaired) electrons. The van der Waals surface area contributed by atoms with E-state index in [1.54, 1.807) is 6.92 Å². The first-order valence-corrected chi connectivity index (χ1v) is 4.99. The fourth-order valence-corrected chi connectivity index (χ4v) is 1.51. The van der Waals surface area contributed by atoms with Gasteiger partial charge in [0.2, 0.25) is 0 Å². The standard InChI is InChI=1S/C11H22O/c1-6-9(4)7-11(8(2)3)10(5)12/h8-9,11H,6-7H2,1-5H3. The van der Waals surface area contributed by atoms with Gasteiger partial charge in [0.25, 0.3) is 0 Å². The van der Waals surface area contributed by atoms with E-state index in [0.29, 0.717) is 17.6 Å². The molecule has 72 valence electrons. The highest BCUT2D eigenvalue weighted by atomic mass is 16.1. The molecule has 0 aromatic rings. The maximum Gasteiger partial charge on any atom is 0.133 e. The summed E-state index contributed by atoms with van der Waals surface area (Å²) in [6.45, 7) is 10.4. The van der Waals surface area contributed by atoms with Gasteiger partial charge in [-0.3, -0.25) is 4.79 Å². The van der Waals surface area contributed by atoms with Crippen molar-refractivity contribution in [3.8, 4) is 0 Å². The highest BCUT2D eigenvalue weighted by Crippen LogP contribution is 2.22. The van der Waals surface area contributed by atoms with Crippen molar-refractivity contribution in [2.75, 3.05) is 0 Å². The molecule has 0 fully saturated rings. The van der Waals surface area contributed by atoms with Crippen LogP contribution in [0.5, 0.6) is 0 Å². The normalized spacial score (nSPS) is 16.2. The Labute approximate surface area is 76.6 Å². The molecule has 1 heteroatoms. The van der Waals surface area contributed by atoms with Crippen molar-refractivity contribution in [1.82, 2.24) is 0 Å². The van der Waals surface area contributed by atoms with Crippen LogP contribution in [-0.4, -0.2) is 5.78 Å². The quantitative estimate of drug-likeness (QED) is 0.619. The van der Waals surface area contributed by atoms with Gasteiger partial charge in [0, 0.05) is 5.92 Å². The predicted octanol–water partition coefficient (Wildman–Crippen LogP) is 3.28. The zero-order chi connectivity index (χ0) is 9.72. The third kappa shape index (κ3) is 3.89. The highest BCUT2D eigenvalue weighted by Gasteiger charge is 2.19. The van der Waals surface area contributed by atoms with E-state index in [9.17, 15) is 4.79 Å². The number of carbonyl (C=O) groups is 1. The first kappa shape index (κ1) is 11.7. The van der Waals surface area contributed by atoms with Crippen LogP contribution in [0.1, 0.15) is 47.5 Å². The van der Waals surface area contributed by atoms with Gasteiger partial charge in [-0.2, -0.15) is 0 Å². The summed E-state index contributed by atoms with van der Waals surface area (Å²) in [5.41, 5.74) is 0. The lowest BCUT2D eigenvalue weighted by atomic mass is 9.84. The van der Waals surface area contributed by atoms with Crippen LogP contribution in [0.2, 0.25) is 0 Å². The van der Waals surface area contributed by atoms with Crippen LogP contribution < -0.4 is 0 Å². The highest BCUT2D eigenvalue weighted by molar-refractivity contribution is 5.78. The molecule has 0 bridgehead atoms. The van der Waals surface area contributed by atoms with Crippen LogP contribution >= 0.6 is 0 Å². The lowest BCUT2D eigenvalue weighted by Crippen LogP contribution is -2.20. The second-order valence-corrected chi connectivity index (χ2v) is 4.21. The molecule has 0 saturated heterocycles. The zero-order valence-corrected chi connectivity index (χ0v) is 9.05. The van der Waals surface area contributed by atoms with Crippen LogP contribution in [0.4, 0.5) is 0 Å². The van der Waals surface area contributed by atoms with Gasteiger partial charge in [-0.15, -0.1) is 0 Å². The molecule has 2 atom stereocenters. The van der Waals surface area contributed by atoms with Crippen LogP contribution in [0.25, 0.3) is 0 Å². The van der Waals surface area contributed by atoms with Crippen LogP contribution in [0, 0.1) is 17.8 Å². The van der Waals surface area contributed by atoms with E-state index in [4.69, 9.17) is 0 Å². The summed E-state index contributed by atoms with van der Waals surface area (Å²) < 4.78 is 0. The van der Waals surface area contributed by atoms with Gasteiger partial charge >= 0.3 is 0 Å². The Morgan fingerprint density at radius 3 is 2.00 bits per heavy atom. The zero-order valence-electron chi connectivity index (χ0n) is 9.05. The topological polar surface area (TPSA) is 17.1 Å². The summed E-state index contributed by atoms with van der Waals surface area (Å²) in [4.78, 5) is 11.2. The van der Waals surface area contributed by atoms with Crippen molar-refractivity contribution in [1.29, 1.82) is 0 Å². The number of Topliss-reactive ketones (excluding diaryl/α,β-unsaturated/α-hetero) is 1. The summed E-state index contributed by atoms with van der Waals surface area (Å²) in [6.07, 6.45) is 2.24. The van der Waals surface area contributed by atoms with Crippen molar-refractivity contribution in [3.05, 3.63) is 0 Å². The van der Waals surface area contributed by atoms with Gasteiger partial charge in [0.1, 0.15) is 5.78 Å². The lowest BCUT2D eigenvalue weighted by molar-refractivity contribution is -0.122. The van der Waals surface area contributed by atoms with E-state index in [2.05, 4.69) is 27.7 Å². The predicted molar refractivity (Wildman–Crippen MR) is 53.1 cm³/mol. The summed E-state index contributed by atoms with van der Waals surface area (Å²) in [6, 6.07) is 0. The van der Waals surface area contributed by atoms with Crippen molar-refractivity contribution >= 4 is 5.78 Å². The van der Waals surface area contributed by atoms with Crippen LogP contribution in [0.3, 0.4) is 0 Å². The molecule has 0 rings (SSSR count). The minimum atomic E-state index is 0.278. The molecule has 0 heterocycles. The maximum atomic E-state index is 11.2. The van der Waals surface area contributed by atoms with Crippen LogP contribution in [-0.2, 0) is 4.79 Å². The molecule has 1 nitrogen and oxygen atoms in total. The smallest absolute Gasteiger partial charge is 0.133 e. The molecule has 2 unspecified atom stereocenters. The molecule has 0 aliphatic rings. The van der Waals surface area contributed by atoms with Gasteiger partial charge < -0.3 is 0 Å². The molecular formula is C11H22O. The maximum absolute atomic E-state index is 11.2. The van der Waals surface area contributed by atoms with Gasteiger partial charge in [0.15, 0.2) is 0 Å². The van der Waals surface area contributed by atoms with E-state index in [1.165, 1.54) is 6.42 Å². The fraction of sp³-hybridized carbons (Fsp3) is 0.909. The van der Waals surface area contributed by atoms with Crippen molar-refractivity contribution in [2.24, 2.45) is 17.8 Å². The number of ketones is 1. The summed E-state index contributed by atoms with van der Waals surface area (Å²) in [5.74, 6) is 1.81. The SMILES string of the molecule is CCC(C)CC(C(C)=O)C(C)C. The lowest BCUT2D eigenvalue weighted by Gasteiger charge is -2.20. The molecule has 0 amide bonds. The molecule has 0 aliphatic heterocycles. The van der Waals surface area contributed by atoms with Crippen LogP contribution in [0.15, 0.2) is 0 Å². The molecule has 0 N–H and O–H groups in total. The average Bonchev–Trinajstić information content (AvgIpc) is 1.98. The van der Waals surface area contributed by atoms with E-state index < -0.39 is 0 Å². The third-order valence-corrected chi connectivity index (χ3v) is 2.68. The first-order valence-electron chi connectivity index (χ1n) is 4.99. The van der Waals surface area contributed by atoms with Gasteiger partial charge in [-0.05, 0) is 25.2 Å². The largest absolute Gasteiger partial charge is 0.300 e. The number of rotatable bonds is 5. The first-order chi connectivity index (χ1) is 5.49. The Balaban J connectivity index is 4.05. The molecule has 0 aliphatic carbocycles. The number of hydrogen-bond acceptors (Lipinski definition) is 1. The minimum Gasteiger partial charge on any atom is -0.300 e. The Morgan fingerprint density at radius 2 is 1.75 bits per heavy atom. The molecule has 12 heavy (non-hydrogen) atoms. The molecule has 0 aromatic carbocycles. The van der Waals surface area contributed by atoms with Gasteiger partial charge in [0.05, 0.1) is 0 Å². The third-order valence-electron chi connectivity index (χ3n) is 2.68. The summed E-state index contributed by atoms with van der Waals surface area (Å²) >= 11 is 0. The van der Waals surface area contributed by atoms with E-state index >= 15 is 0 Å². The van der Waals surface area contributed by atoms with Crippen molar-refractivity contribution < 1.29 is 4.79 Å². The van der Waals surface area contributed by atoms with Gasteiger partial charge in [-0.1, -0.05) is 34.1 Å². The van der Waals surface area contributed by atoms with Crippen molar-refractivity contribution in [2.45, 2.75) is 47.5 Å². The second-order valence-electron chi connectivity index (χ2n) is 4.21. The Kier molecular flexibility index (Phi) is 5.19. The second kappa shape index (κ2) is 5.34. The summed E-state index contributed by atoms with van der Waals surface area (Å²) in [5, 5.41) is 0. The number of hydrogen-bond donors (Lipinski definition) is 0. The van der Waals surface area contributed by atoms with E-state index in [0.717, 1.165) is 6.42 Å². The molecule has 0 spiro atoms. The molecule has 0 aromatic heterocycles. The average molecular weight is 170 g/mol. The van der Waals surface area contributed by atoms with E-state index in [1.807, 2.05) is 0 Å². The van der Waals surface area contributed by atoms with E-state index in [-0.39, 0.29) is 5.92 Å². The summed E-state index contributed by atoms with van der Waals surface area (Å²) in [7, 11) is 0. The number of carbonyl (C=O) groups excluding carboxylic acids is 1.